The summed E-state index contributed by atoms with van der Waals surface area (Å²) in [7, 11) is 0. The van der Waals surface area contributed by atoms with Gasteiger partial charge in [0.15, 0.2) is 6.10 Å². The first kappa shape index (κ1) is 11.2. The minimum atomic E-state index is -0.440. The minimum Gasteiger partial charge on any atom is -0.479 e. The molecule has 0 bridgehead atoms. The average Bonchev–Trinajstić information content (AvgIpc) is 2.77. The second-order valence-corrected chi connectivity index (χ2v) is 5.27. The fraction of sp³-hybridized carbons (Fsp3) is 0.231. The quantitative estimate of drug-likeness (QED) is 0.857. The molecule has 2 heterocycles. The van der Waals surface area contributed by atoms with E-state index in [0.717, 1.165) is 16.3 Å². The molecule has 1 aromatic heterocycles. The highest BCUT2D eigenvalue weighted by Crippen LogP contribution is 2.34. The number of rotatable bonds is 1. The van der Waals surface area contributed by atoms with Crippen LogP contribution >= 0.6 is 11.3 Å². The average molecular weight is 260 g/mol. The normalized spacial score (nSPS) is 17.9. The summed E-state index contributed by atoms with van der Waals surface area (Å²) in [6, 6.07) is 5.72. The van der Waals surface area contributed by atoms with Crippen LogP contribution in [0.2, 0.25) is 0 Å². The van der Waals surface area contributed by atoms with E-state index in [4.69, 9.17) is 4.74 Å². The Kier molecular flexibility index (Phi) is 2.56. The molecule has 1 amide bonds. The molecule has 0 saturated carbocycles. The summed E-state index contributed by atoms with van der Waals surface area (Å²) in [5.41, 5.74) is 2.62. The summed E-state index contributed by atoms with van der Waals surface area (Å²) < 4.78 is 5.51. The largest absolute Gasteiger partial charge is 0.479 e. The first-order chi connectivity index (χ1) is 8.63. The van der Waals surface area contributed by atoms with Gasteiger partial charge in [-0.15, -0.1) is 11.3 Å². The van der Waals surface area contributed by atoms with Gasteiger partial charge in [0.05, 0.1) is 16.4 Å². The fourth-order valence-electron chi connectivity index (χ4n) is 1.86. The summed E-state index contributed by atoms with van der Waals surface area (Å²) in [6.45, 7) is 3.70. The van der Waals surface area contributed by atoms with Gasteiger partial charge in [-0.1, -0.05) is 0 Å². The molecule has 0 unspecified atom stereocenters. The highest BCUT2D eigenvalue weighted by atomic mass is 32.1. The van der Waals surface area contributed by atoms with Gasteiger partial charge < -0.3 is 10.1 Å². The van der Waals surface area contributed by atoms with E-state index < -0.39 is 6.10 Å². The van der Waals surface area contributed by atoms with Gasteiger partial charge in [-0.2, -0.15) is 0 Å². The van der Waals surface area contributed by atoms with Gasteiger partial charge in [0.25, 0.3) is 5.91 Å². The molecular weight excluding hydrogens is 248 g/mol. The van der Waals surface area contributed by atoms with E-state index in [1.54, 1.807) is 18.3 Å². The van der Waals surface area contributed by atoms with Crippen molar-refractivity contribution in [3.63, 3.8) is 0 Å². The molecule has 0 fully saturated rings. The molecule has 1 aliphatic rings. The number of thiazole rings is 1. The van der Waals surface area contributed by atoms with Crippen LogP contribution in [0.3, 0.4) is 0 Å². The predicted octanol–water partition coefficient (Wildman–Crippen LogP) is 2.84. The number of ether oxygens (including phenoxy) is 1. The van der Waals surface area contributed by atoms with Crippen molar-refractivity contribution in [2.24, 2.45) is 0 Å². The molecule has 4 nitrogen and oxygen atoms in total. The van der Waals surface area contributed by atoms with Gasteiger partial charge in [0.2, 0.25) is 0 Å². The minimum absolute atomic E-state index is 0.117. The number of anilines is 1. The van der Waals surface area contributed by atoms with Crippen molar-refractivity contribution < 1.29 is 9.53 Å². The van der Waals surface area contributed by atoms with Crippen LogP contribution in [0.4, 0.5) is 5.69 Å². The van der Waals surface area contributed by atoms with E-state index in [9.17, 15) is 4.79 Å². The number of hydrogen-bond donors (Lipinski definition) is 1. The molecule has 1 atom stereocenters. The molecular formula is C13H12N2O2S. The Bertz CT molecular complexity index is 621. The van der Waals surface area contributed by atoms with Crippen molar-refractivity contribution >= 4 is 22.9 Å². The number of aromatic nitrogens is 1. The number of aryl methyl sites for hydroxylation is 1. The van der Waals surface area contributed by atoms with Crippen molar-refractivity contribution in [3.8, 4) is 17.0 Å². The standard InChI is InChI=1S/C13H12N2O2S/c1-7-13(16)15-10-5-9(3-4-12(10)17-7)11-6-18-8(2)14-11/h3-7H,1-2H3,(H,15,16)/t7-/m1/s1. The first-order valence-electron chi connectivity index (χ1n) is 5.67. The summed E-state index contributed by atoms with van der Waals surface area (Å²) in [5.74, 6) is 0.590. The van der Waals surface area contributed by atoms with E-state index in [2.05, 4.69) is 10.3 Å². The molecule has 92 valence electrons. The van der Waals surface area contributed by atoms with Gasteiger partial charge in [0.1, 0.15) is 5.75 Å². The third-order valence-corrected chi connectivity index (χ3v) is 3.60. The highest BCUT2D eigenvalue weighted by molar-refractivity contribution is 7.09. The van der Waals surface area contributed by atoms with Crippen molar-refractivity contribution in [1.29, 1.82) is 0 Å². The van der Waals surface area contributed by atoms with Crippen LogP contribution in [0.25, 0.3) is 11.3 Å². The Labute approximate surface area is 109 Å². The van der Waals surface area contributed by atoms with E-state index in [1.807, 2.05) is 30.5 Å². The molecule has 3 rings (SSSR count). The maximum absolute atomic E-state index is 11.6. The van der Waals surface area contributed by atoms with Crippen LogP contribution in [0.15, 0.2) is 23.6 Å². The smallest absolute Gasteiger partial charge is 0.265 e. The number of nitrogens with one attached hydrogen (secondary N) is 1. The summed E-state index contributed by atoms with van der Waals surface area (Å²) >= 11 is 1.61. The summed E-state index contributed by atoms with van der Waals surface area (Å²) in [4.78, 5) is 16.0. The van der Waals surface area contributed by atoms with Crippen molar-refractivity contribution in [1.82, 2.24) is 4.98 Å². The molecule has 0 saturated heterocycles. The zero-order valence-corrected chi connectivity index (χ0v) is 10.9. The van der Waals surface area contributed by atoms with Crippen LogP contribution in [0.1, 0.15) is 11.9 Å². The summed E-state index contributed by atoms with van der Waals surface area (Å²) in [5, 5.41) is 5.87. The van der Waals surface area contributed by atoms with Crippen LogP contribution < -0.4 is 10.1 Å². The number of carbonyl (C=O) groups is 1. The number of nitrogens with zero attached hydrogens (tertiary/aromatic N) is 1. The van der Waals surface area contributed by atoms with E-state index in [-0.39, 0.29) is 5.91 Å². The number of hydrogen-bond acceptors (Lipinski definition) is 4. The van der Waals surface area contributed by atoms with Crippen LogP contribution in [-0.2, 0) is 4.79 Å². The highest BCUT2D eigenvalue weighted by Gasteiger charge is 2.23. The maximum Gasteiger partial charge on any atom is 0.265 e. The van der Waals surface area contributed by atoms with Gasteiger partial charge in [-0.3, -0.25) is 4.79 Å². The lowest BCUT2D eigenvalue weighted by Crippen LogP contribution is -2.34. The van der Waals surface area contributed by atoms with Crippen molar-refractivity contribution in [2.75, 3.05) is 5.32 Å². The van der Waals surface area contributed by atoms with E-state index in [1.165, 1.54) is 0 Å². The second-order valence-electron chi connectivity index (χ2n) is 4.21. The van der Waals surface area contributed by atoms with Crippen LogP contribution in [0, 0.1) is 6.92 Å². The predicted molar refractivity (Wildman–Crippen MR) is 71.0 cm³/mol. The Hall–Kier alpha value is -1.88. The molecule has 0 aliphatic carbocycles. The monoisotopic (exact) mass is 260 g/mol. The number of benzene rings is 1. The van der Waals surface area contributed by atoms with Gasteiger partial charge in [0, 0.05) is 10.9 Å². The summed E-state index contributed by atoms with van der Waals surface area (Å²) in [6.07, 6.45) is -0.440. The Morgan fingerprint density at radius 2 is 2.28 bits per heavy atom. The van der Waals surface area contributed by atoms with E-state index in [0.29, 0.717) is 11.4 Å². The van der Waals surface area contributed by atoms with Crippen LogP contribution in [0.5, 0.6) is 5.75 Å². The zero-order valence-electron chi connectivity index (χ0n) is 10.1. The number of carbonyl (C=O) groups excluding carboxylic acids is 1. The number of amides is 1. The van der Waals surface area contributed by atoms with Gasteiger partial charge in [-0.05, 0) is 32.0 Å². The molecule has 1 aliphatic heterocycles. The lowest BCUT2D eigenvalue weighted by atomic mass is 10.1. The van der Waals surface area contributed by atoms with Crippen molar-refractivity contribution in [2.45, 2.75) is 20.0 Å². The van der Waals surface area contributed by atoms with Gasteiger partial charge in [-0.25, -0.2) is 4.98 Å². The second kappa shape index (κ2) is 4.10. The molecule has 18 heavy (non-hydrogen) atoms. The molecule has 0 spiro atoms. The third-order valence-electron chi connectivity index (χ3n) is 2.83. The third kappa shape index (κ3) is 1.86. The van der Waals surface area contributed by atoms with Crippen LogP contribution in [-0.4, -0.2) is 17.0 Å². The molecule has 1 aromatic carbocycles. The molecule has 5 heteroatoms. The molecule has 0 radical (unpaired) electrons. The topological polar surface area (TPSA) is 51.2 Å². The Morgan fingerprint density at radius 3 is 3.00 bits per heavy atom. The van der Waals surface area contributed by atoms with E-state index >= 15 is 0 Å². The lowest BCUT2D eigenvalue weighted by molar-refractivity contribution is -0.122. The van der Waals surface area contributed by atoms with Crippen molar-refractivity contribution in [3.05, 3.63) is 28.6 Å². The maximum atomic E-state index is 11.6. The molecule has 2 aromatic rings. The fourth-order valence-corrected chi connectivity index (χ4v) is 2.49. The Balaban J connectivity index is 2.01. The SMILES string of the molecule is Cc1nc(-c2ccc3c(c2)NC(=O)[C@@H](C)O3)cs1. The van der Waals surface area contributed by atoms with Gasteiger partial charge >= 0.3 is 0 Å². The first-order valence-corrected chi connectivity index (χ1v) is 6.55. The number of fused-ring (bicyclic) bond motifs is 1. The lowest BCUT2D eigenvalue weighted by Gasteiger charge is -2.23. The molecule has 1 N–H and O–H groups in total. The Morgan fingerprint density at radius 1 is 1.44 bits per heavy atom. The zero-order chi connectivity index (χ0) is 12.7.